The molecule has 3 aromatic rings. The van der Waals surface area contributed by atoms with Crippen LogP contribution in [0.1, 0.15) is 38.3 Å². The van der Waals surface area contributed by atoms with E-state index in [-0.39, 0.29) is 17.6 Å². The third-order valence-corrected chi connectivity index (χ3v) is 5.73. The summed E-state index contributed by atoms with van der Waals surface area (Å²) in [4.78, 5) is 29.8. The summed E-state index contributed by atoms with van der Waals surface area (Å²) in [5.41, 5.74) is 3.04. The second kappa shape index (κ2) is 8.96. The van der Waals surface area contributed by atoms with E-state index >= 15 is 0 Å². The van der Waals surface area contributed by atoms with E-state index in [4.69, 9.17) is 4.42 Å². The maximum absolute atomic E-state index is 13.1. The number of hydrogen-bond donors (Lipinski definition) is 1. The number of carbonyl (C=O) groups excluding carboxylic acids is 2. The van der Waals surface area contributed by atoms with Crippen molar-refractivity contribution < 1.29 is 14.0 Å². The predicted octanol–water partition coefficient (Wildman–Crippen LogP) is 4.63. The molecule has 1 N–H and O–H groups in total. The van der Waals surface area contributed by atoms with Crippen LogP contribution in [0.4, 0.5) is 10.7 Å². The van der Waals surface area contributed by atoms with Crippen molar-refractivity contribution in [3.05, 3.63) is 70.5 Å². The molecule has 7 heteroatoms. The lowest BCUT2D eigenvalue weighted by Gasteiger charge is -2.21. The van der Waals surface area contributed by atoms with Crippen molar-refractivity contribution in [1.82, 2.24) is 4.90 Å². The Kier molecular flexibility index (Phi) is 6.39. The van der Waals surface area contributed by atoms with Crippen molar-refractivity contribution in [1.29, 1.82) is 0 Å². The van der Waals surface area contributed by atoms with Crippen LogP contribution in [0.15, 0.2) is 53.1 Å². The summed E-state index contributed by atoms with van der Waals surface area (Å²) in [5.74, 6) is -0.131. The average molecular weight is 412 g/mol. The van der Waals surface area contributed by atoms with Crippen molar-refractivity contribution in [2.45, 2.75) is 20.4 Å². The van der Waals surface area contributed by atoms with Crippen LogP contribution in [0, 0.1) is 6.92 Å². The van der Waals surface area contributed by atoms with Gasteiger partial charge in [-0.05, 0) is 55.3 Å². The van der Waals surface area contributed by atoms with Crippen LogP contribution in [0.5, 0.6) is 0 Å². The first-order valence-corrected chi connectivity index (χ1v) is 10.2. The number of nitrogens with zero attached hydrogens (tertiary/aromatic N) is 2. The number of nitrogens with one attached hydrogen (secondary N) is 1. The van der Waals surface area contributed by atoms with E-state index in [1.165, 1.54) is 17.6 Å². The maximum Gasteiger partial charge on any atom is 0.291 e. The highest BCUT2D eigenvalue weighted by atomic mass is 32.1. The van der Waals surface area contributed by atoms with Gasteiger partial charge in [0.2, 0.25) is 0 Å². The zero-order chi connectivity index (χ0) is 21.0. The van der Waals surface area contributed by atoms with Gasteiger partial charge in [-0.1, -0.05) is 12.1 Å². The van der Waals surface area contributed by atoms with Crippen LogP contribution in [-0.2, 0) is 6.54 Å². The van der Waals surface area contributed by atoms with Gasteiger partial charge in [-0.25, -0.2) is 0 Å². The molecule has 2 amide bonds. The molecule has 0 saturated heterocycles. The van der Waals surface area contributed by atoms with E-state index in [1.807, 2.05) is 68.1 Å². The molecular formula is C22H25N3O3S. The minimum absolute atomic E-state index is 0.0369. The Morgan fingerprint density at radius 3 is 2.45 bits per heavy atom. The lowest BCUT2D eigenvalue weighted by atomic mass is 10.1. The molecule has 0 bridgehead atoms. The summed E-state index contributed by atoms with van der Waals surface area (Å²) in [5, 5.41) is 3.42. The molecule has 0 saturated carbocycles. The Labute approximate surface area is 174 Å². The number of furan rings is 1. The standard InChI is InChI=1S/C22H25N3O3S/c1-5-25(14-16-8-10-17(11-9-16)24(3)4)22(27)20-15(2)13-19(29-20)23-21(26)18-7-6-12-28-18/h6-13H,5,14H2,1-4H3,(H,23,26). The fraction of sp³-hybridized carbons (Fsp3) is 0.273. The van der Waals surface area contributed by atoms with Crippen LogP contribution in [0.3, 0.4) is 0 Å². The first-order valence-electron chi connectivity index (χ1n) is 9.40. The molecule has 6 nitrogen and oxygen atoms in total. The number of carbonyl (C=O) groups is 2. The predicted molar refractivity (Wildman–Crippen MR) is 117 cm³/mol. The van der Waals surface area contributed by atoms with Crippen molar-refractivity contribution >= 4 is 33.8 Å². The topological polar surface area (TPSA) is 65.8 Å². The SMILES string of the molecule is CCN(Cc1ccc(N(C)C)cc1)C(=O)c1sc(NC(=O)c2ccco2)cc1C. The van der Waals surface area contributed by atoms with Gasteiger partial charge in [-0.15, -0.1) is 11.3 Å². The number of anilines is 2. The second-order valence-electron chi connectivity index (χ2n) is 6.93. The summed E-state index contributed by atoms with van der Waals surface area (Å²) >= 11 is 1.28. The van der Waals surface area contributed by atoms with Crippen LogP contribution >= 0.6 is 11.3 Å². The molecule has 0 aliphatic rings. The Morgan fingerprint density at radius 1 is 1.14 bits per heavy atom. The summed E-state index contributed by atoms with van der Waals surface area (Å²) < 4.78 is 5.11. The zero-order valence-electron chi connectivity index (χ0n) is 17.1. The van der Waals surface area contributed by atoms with Crippen LogP contribution in [-0.4, -0.2) is 37.4 Å². The van der Waals surface area contributed by atoms with E-state index in [0.717, 1.165) is 16.8 Å². The number of amides is 2. The van der Waals surface area contributed by atoms with Gasteiger partial charge in [-0.3, -0.25) is 9.59 Å². The molecule has 3 rings (SSSR count). The minimum Gasteiger partial charge on any atom is -0.459 e. The summed E-state index contributed by atoms with van der Waals surface area (Å²) in [6, 6.07) is 13.3. The van der Waals surface area contributed by atoms with E-state index < -0.39 is 0 Å². The largest absolute Gasteiger partial charge is 0.459 e. The van der Waals surface area contributed by atoms with E-state index in [0.29, 0.717) is 23.0 Å². The molecule has 0 spiro atoms. The zero-order valence-corrected chi connectivity index (χ0v) is 17.9. The van der Waals surface area contributed by atoms with E-state index in [1.54, 1.807) is 12.1 Å². The first kappa shape index (κ1) is 20.7. The molecule has 0 fully saturated rings. The molecule has 2 heterocycles. The molecule has 1 aromatic carbocycles. The molecule has 0 atom stereocenters. The summed E-state index contributed by atoms with van der Waals surface area (Å²) in [6.45, 7) is 4.98. The van der Waals surface area contributed by atoms with Crippen molar-refractivity contribution in [3.8, 4) is 0 Å². The molecule has 2 aromatic heterocycles. The van der Waals surface area contributed by atoms with Crippen molar-refractivity contribution in [3.63, 3.8) is 0 Å². The van der Waals surface area contributed by atoms with Crippen LogP contribution in [0.25, 0.3) is 0 Å². The van der Waals surface area contributed by atoms with Crippen molar-refractivity contribution in [2.24, 2.45) is 0 Å². The monoisotopic (exact) mass is 411 g/mol. The fourth-order valence-electron chi connectivity index (χ4n) is 2.93. The van der Waals surface area contributed by atoms with Gasteiger partial charge in [0.1, 0.15) is 0 Å². The van der Waals surface area contributed by atoms with Crippen molar-refractivity contribution in [2.75, 3.05) is 30.9 Å². The number of benzene rings is 1. The third kappa shape index (κ3) is 4.86. The fourth-order valence-corrected chi connectivity index (χ4v) is 3.96. The molecule has 0 aliphatic carbocycles. The van der Waals surface area contributed by atoms with Gasteiger partial charge in [0.25, 0.3) is 11.8 Å². The highest BCUT2D eigenvalue weighted by molar-refractivity contribution is 7.18. The average Bonchev–Trinajstić information content (AvgIpc) is 3.36. The normalized spacial score (nSPS) is 10.6. The Balaban J connectivity index is 1.72. The highest BCUT2D eigenvalue weighted by Crippen LogP contribution is 2.29. The lowest BCUT2D eigenvalue weighted by Crippen LogP contribution is -2.30. The highest BCUT2D eigenvalue weighted by Gasteiger charge is 2.21. The van der Waals surface area contributed by atoms with E-state index in [9.17, 15) is 9.59 Å². The van der Waals surface area contributed by atoms with E-state index in [2.05, 4.69) is 5.32 Å². The summed E-state index contributed by atoms with van der Waals surface area (Å²) in [7, 11) is 4.00. The van der Waals surface area contributed by atoms with Gasteiger partial charge >= 0.3 is 0 Å². The van der Waals surface area contributed by atoms with Gasteiger partial charge in [-0.2, -0.15) is 0 Å². The number of rotatable bonds is 7. The Bertz CT molecular complexity index is 975. The maximum atomic E-state index is 13.1. The number of thiophene rings is 1. The lowest BCUT2D eigenvalue weighted by molar-refractivity contribution is 0.0756. The summed E-state index contributed by atoms with van der Waals surface area (Å²) in [6.07, 6.45) is 1.45. The molecular weight excluding hydrogens is 386 g/mol. The number of hydrogen-bond acceptors (Lipinski definition) is 5. The quantitative estimate of drug-likeness (QED) is 0.616. The van der Waals surface area contributed by atoms with Gasteiger partial charge in [0.05, 0.1) is 16.1 Å². The third-order valence-electron chi connectivity index (χ3n) is 4.59. The van der Waals surface area contributed by atoms with Crippen LogP contribution < -0.4 is 10.2 Å². The molecule has 0 unspecified atom stereocenters. The molecule has 0 radical (unpaired) electrons. The van der Waals surface area contributed by atoms with Crippen LogP contribution in [0.2, 0.25) is 0 Å². The van der Waals surface area contributed by atoms with Gasteiger partial charge in [0.15, 0.2) is 5.76 Å². The molecule has 29 heavy (non-hydrogen) atoms. The smallest absolute Gasteiger partial charge is 0.291 e. The molecule has 152 valence electrons. The van der Waals surface area contributed by atoms with Gasteiger partial charge in [0, 0.05) is 32.9 Å². The second-order valence-corrected chi connectivity index (χ2v) is 7.99. The Morgan fingerprint density at radius 2 is 1.86 bits per heavy atom. The molecule has 0 aliphatic heterocycles. The first-order chi connectivity index (χ1) is 13.9. The Hall–Kier alpha value is -3.06. The van der Waals surface area contributed by atoms with Gasteiger partial charge < -0.3 is 19.5 Å². The minimum atomic E-state index is -0.330. The number of aryl methyl sites for hydroxylation is 1.